The fourth-order valence-electron chi connectivity index (χ4n) is 6.85. The number of aromatic nitrogens is 1. The second kappa shape index (κ2) is 5.92. The first-order chi connectivity index (χ1) is 13.6. The summed E-state index contributed by atoms with van der Waals surface area (Å²) in [6.07, 6.45) is 6.75. The molecule has 0 N–H and O–H groups in total. The van der Waals surface area contributed by atoms with Gasteiger partial charge in [-0.15, -0.1) is 0 Å². The third-order valence-corrected chi connectivity index (χ3v) is 8.00. The smallest absolute Gasteiger partial charge is 0.188 e. The second-order valence-corrected chi connectivity index (χ2v) is 9.64. The molecule has 3 heterocycles. The fraction of sp³-hybridized carbons (Fsp3) is 0.444. The van der Waals surface area contributed by atoms with Crippen molar-refractivity contribution < 1.29 is 4.57 Å². The summed E-state index contributed by atoms with van der Waals surface area (Å²) >= 11 is 0. The molecule has 4 bridgehead atoms. The zero-order valence-electron chi connectivity index (χ0n) is 17.3. The van der Waals surface area contributed by atoms with Crippen LogP contribution in [0.3, 0.4) is 0 Å². The van der Waals surface area contributed by atoms with Gasteiger partial charge in [0.25, 0.3) is 0 Å². The molecule has 4 atom stereocenters. The molecule has 1 aliphatic carbocycles. The summed E-state index contributed by atoms with van der Waals surface area (Å²) in [5.41, 5.74) is 10.5. The lowest BCUT2D eigenvalue weighted by Crippen LogP contribution is -2.49. The van der Waals surface area contributed by atoms with Gasteiger partial charge in [-0.1, -0.05) is 24.6 Å². The molecular formula is C27H30N+. The van der Waals surface area contributed by atoms with Gasteiger partial charge < -0.3 is 0 Å². The van der Waals surface area contributed by atoms with Gasteiger partial charge >= 0.3 is 0 Å². The molecule has 0 amide bonds. The average Bonchev–Trinajstić information content (AvgIpc) is 3.17. The lowest BCUT2D eigenvalue weighted by atomic mass is 9.75. The molecule has 3 aromatic rings. The van der Waals surface area contributed by atoms with Gasteiger partial charge in [0.15, 0.2) is 6.04 Å². The summed E-state index contributed by atoms with van der Waals surface area (Å²) in [6, 6.07) is 17.5. The number of nitrogens with zero attached hydrogens (tertiary/aromatic N) is 1. The standard InChI is InChI=1S/C27H30N/c1-4-22-26-14-18-5-6-20(13-18)21-8-7-19-9-10-24(28(26)25(19)15-21)23-12-16(2)11-17(3)27(22)23/h7-12,15,18,20,22,26H,4-6,13-14H2,1-3H3/q+1. The van der Waals surface area contributed by atoms with Crippen molar-refractivity contribution in [2.45, 2.75) is 70.8 Å². The van der Waals surface area contributed by atoms with Crippen molar-refractivity contribution in [2.75, 3.05) is 0 Å². The molecular weight excluding hydrogens is 338 g/mol. The Morgan fingerprint density at radius 1 is 0.964 bits per heavy atom. The molecule has 0 saturated heterocycles. The number of benzene rings is 2. The van der Waals surface area contributed by atoms with E-state index in [1.807, 2.05) is 0 Å². The van der Waals surface area contributed by atoms with E-state index in [1.54, 1.807) is 11.1 Å². The van der Waals surface area contributed by atoms with Gasteiger partial charge in [-0.05, 0) is 86.3 Å². The normalized spacial score (nSPS) is 27.4. The first-order valence-corrected chi connectivity index (χ1v) is 11.2. The van der Waals surface area contributed by atoms with Crippen LogP contribution < -0.4 is 4.57 Å². The Morgan fingerprint density at radius 3 is 2.68 bits per heavy atom. The predicted molar refractivity (Wildman–Crippen MR) is 116 cm³/mol. The topological polar surface area (TPSA) is 3.88 Å². The Bertz CT molecular complexity index is 1110. The Kier molecular flexibility index (Phi) is 3.55. The minimum atomic E-state index is 0.592. The average molecular weight is 369 g/mol. The van der Waals surface area contributed by atoms with Gasteiger partial charge in [0, 0.05) is 29.9 Å². The van der Waals surface area contributed by atoms with Crippen molar-refractivity contribution in [3.8, 4) is 11.3 Å². The van der Waals surface area contributed by atoms with Gasteiger partial charge in [-0.3, -0.25) is 0 Å². The summed E-state index contributed by atoms with van der Waals surface area (Å²) in [6.45, 7) is 6.99. The lowest BCUT2D eigenvalue weighted by Gasteiger charge is -2.33. The van der Waals surface area contributed by atoms with Crippen molar-refractivity contribution in [1.82, 2.24) is 0 Å². The zero-order valence-corrected chi connectivity index (χ0v) is 17.3. The van der Waals surface area contributed by atoms with E-state index >= 15 is 0 Å². The van der Waals surface area contributed by atoms with E-state index in [9.17, 15) is 0 Å². The highest BCUT2D eigenvalue weighted by Crippen LogP contribution is 2.49. The maximum atomic E-state index is 2.76. The van der Waals surface area contributed by atoms with Crippen LogP contribution in [0.5, 0.6) is 0 Å². The maximum Gasteiger partial charge on any atom is 0.213 e. The van der Waals surface area contributed by atoms with Crippen molar-refractivity contribution in [3.63, 3.8) is 0 Å². The first-order valence-electron chi connectivity index (χ1n) is 11.2. The van der Waals surface area contributed by atoms with Crippen LogP contribution in [0.15, 0.2) is 42.5 Å². The van der Waals surface area contributed by atoms with Gasteiger partial charge in [0.2, 0.25) is 11.2 Å². The maximum absolute atomic E-state index is 2.76. The molecule has 2 aliphatic heterocycles. The number of pyridine rings is 1. The van der Waals surface area contributed by atoms with Crippen molar-refractivity contribution in [2.24, 2.45) is 5.92 Å². The van der Waals surface area contributed by atoms with Crippen LogP contribution >= 0.6 is 0 Å². The third kappa shape index (κ3) is 2.22. The van der Waals surface area contributed by atoms with Gasteiger partial charge in [0.05, 0.1) is 5.56 Å². The number of aryl methyl sites for hydroxylation is 2. The number of rotatable bonds is 1. The zero-order chi connectivity index (χ0) is 19.0. The van der Waals surface area contributed by atoms with E-state index in [-0.39, 0.29) is 0 Å². The molecule has 1 fully saturated rings. The highest BCUT2D eigenvalue weighted by atomic mass is 15.0. The summed E-state index contributed by atoms with van der Waals surface area (Å²) in [5, 5.41) is 1.40. The molecule has 1 saturated carbocycles. The lowest BCUT2D eigenvalue weighted by molar-refractivity contribution is -0.695. The van der Waals surface area contributed by atoms with Crippen LogP contribution in [-0.4, -0.2) is 0 Å². The van der Waals surface area contributed by atoms with E-state index in [0.717, 1.165) is 11.8 Å². The number of hydrogen-bond donors (Lipinski definition) is 0. The van der Waals surface area contributed by atoms with Crippen LogP contribution in [0.2, 0.25) is 0 Å². The molecule has 1 aromatic heterocycles. The number of hydrogen-bond acceptors (Lipinski definition) is 0. The fourth-order valence-corrected chi connectivity index (χ4v) is 6.85. The highest BCUT2D eigenvalue weighted by Gasteiger charge is 2.44. The molecule has 4 unspecified atom stereocenters. The summed E-state index contributed by atoms with van der Waals surface area (Å²) in [7, 11) is 0. The predicted octanol–water partition coefficient (Wildman–Crippen LogP) is 6.75. The van der Waals surface area contributed by atoms with Gasteiger partial charge in [-0.25, -0.2) is 0 Å². The first kappa shape index (κ1) is 16.8. The van der Waals surface area contributed by atoms with E-state index in [2.05, 4.69) is 67.8 Å². The second-order valence-electron chi connectivity index (χ2n) is 9.64. The summed E-state index contributed by atoms with van der Waals surface area (Å²) in [5.74, 6) is 2.28. The van der Waals surface area contributed by atoms with Crippen LogP contribution in [-0.2, 0) is 0 Å². The molecule has 0 radical (unpaired) electrons. The minimum absolute atomic E-state index is 0.592. The minimum Gasteiger partial charge on any atom is -0.188 e. The third-order valence-electron chi connectivity index (χ3n) is 8.00. The largest absolute Gasteiger partial charge is 0.213 e. The molecule has 2 aromatic carbocycles. The van der Waals surface area contributed by atoms with E-state index in [1.165, 1.54) is 65.4 Å². The molecule has 28 heavy (non-hydrogen) atoms. The molecule has 3 aliphatic rings. The molecule has 1 nitrogen and oxygen atoms in total. The Morgan fingerprint density at radius 2 is 1.82 bits per heavy atom. The molecule has 6 rings (SSSR count). The summed E-state index contributed by atoms with van der Waals surface area (Å²) in [4.78, 5) is 0. The quantitative estimate of drug-likeness (QED) is 0.418. The van der Waals surface area contributed by atoms with Gasteiger partial charge in [0.1, 0.15) is 0 Å². The highest BCUT2D eigenvalue weighted by molar-refractivity contribution is 5.80. The van der Waals surface area contributed by atoms with E-state index < -0.39 is 0 Å². The van der Waals surface area contributed by atoms with Crippen LogP contribution in [0.25, 0.3) is 22.2 Å². The molecule has 1 heteroatoms. The van der Waals surface area contributed by atoms with E-state index in [4.69, 9.17) is 0 Å². The van der Waals surface area contributed by atoms with Crippen molar-refractivity contribution in [1.29, 1.82) is 0 Å². The van der Waals surface area contributed by atoms with Crippen molar-refractivity contribution >= 4 is 10.9 Å². The summed E-state index contributed by atoms with van der Waals surface area (Å²) < 4.78 is 2.76. The van der Waals surface area contributed by atoms with E-state index in [0.29, 0.717) is 12.0 Å². The van der Waals surface area contributed by atoms with Gasteiger partial charge in [-0.2, -0.15) is 4.57 Å². The monoisotopic (exact) mass is 368 g/mol. The van der Waals surface area contributed by atoms with Crippen molar-refractivity contribution in [3.05, 3.63) is 64.7 Å². The van der Waals surface area contributed by atoms with Crippen LogP contribution in [0.4, 0.5) is 0 Å². The Labute approximate surface area is 168 Å². The molecule has 142 valence electrons. The SMILES string of the molecule is CCC1c2c(C)cc(C)cc2-c2ccc3ccc4cc3[n+]2C1CC1CCC4C1. The van der Waals surface area contributed by atoms with Crippen LogP contribution in [0, 0.1) is 19.8 Å². The Hall–Kier alpha value is -2.15. The Balaban J connectivity index is 1.74. The van der Waals surface area contributed by atoms with Crippen LogP contribution in [0.1, 0.15) is 79.2 Å². The number of fused-ring (bicyclic) bond motifs is 6. The molecule has 0 spiro atoms.